The maximum atomic E-state index is 12.1. The van der Waals surface area contributed by atoms with E-state index in [1.54, 1.807) is 0 Å². The second-order valence-corrected chi connectivity index (χ2v) is 5.60. The van der Waals surface area contributed by atoms with Crippen molar-refractivity contribution in [3.8, 4) is 0 Å². The quantitative estimate of drug-likeness (QED) is 0.669. The van der Waals surface area contributed by atoms with Crippen molar-refractivity contribution in [2.45, 2.75) is 63.6 Å². The van der Waals surface area contributed by atoms with Gasteiger partial charge >= 0.3 is 0 Å². The van der Waals surface area contributed by atoms with Gasteiger partial charge in [0.2, 0.25) is 5.91 Å². The third-order valence-electron chi connectivity index (χ3n) is 4.04. The van der Waals surface area contributed by atoms with Crippen LogP contribution >= 0.6 is 0 Å². The number of nitrogens with one attached hydrogen (secondary N) is 2. The highest BCUT2D eigenvalue weighted by Gasteiger charge is 2.29. The van der Waals surface area contributed by atoms with Crippen LogP contribution in [-0.2, 0) is 4.79 Å². The highest BCUT2D eigenvalue weighted by molar-refractivity contribution is 5.82. The number of piperidine rings is 1. The Morgan fingerprint density at radius 1 is 1.29 bits per heavy atom. The normalized spacial score (nSPS) is 38.7. The summed E-state index contributed by atoms with van der Waals surface area (Å²) in [4.78, 5) is 12.1. The number of carbonyl (C=O) groups excluding carboxylic acids is 1. The SMILES string of the molecule is CC1CCNC(C(=O)NC2CCCCC2O)C1. The molecule has 1 heterocycles. The van der Waals surface area contributed by atoms with Gasteiger partial charge in [-0.1, -0.05) is 19.8 Å². The zero-order chi connectivity index (χ0) is 12.3. The number of carbonyl (C=O) groups is 1. The van der Waals surface area contributed by atoms with Gasteiger partial charge < -0.3 is 15.7 Å². The third-order valence-corrected chi connectivity index (χ3v) is 4.04. The van der Waals surface area contributed by atoms with Crippen LogP contribution in [0.25, 0.3) is 0 Å². The fourth-order valence-corrected chi connectivity index (χ4v) is 2.87. The van der Waals surface area contributed by atoms with Crippen LogP contribution < -0.4 is 10.6 Å². The molecule has 0 aromatic rings. The first-order valence-corrected chi connectivity index (χ1v) is 6.88. The first-order valence-electron chi connectivity index (χ1n) is 6.88. The summed E-state index contributed by atoms with van der Waals surface area (Å²) in [7, 11) is 0. The summed E-state index contributed by atoms with van der Waals surface area (Å²) >= 11 is 0. The van der Waals surface area contributed by atoms with Crippen LogP contribution in [0.2, 0.25) is 0 Å². The molecule has 0 spiro atoms. The second-order valence-electron chi connectivity index (χ2n) is 5.60. The standard InChI is InChI=1S/C13H24N2O2/c1-9-6-7-14-11(8-9)13(17)15-10-4-2-3-5-12(10)16/h9-12,14,16H,2-8H2,1H3,(H,15,17). The first-order chi connectivity index (χ1) is 8.16. The van der Waals surface area contributed by atoms with Crippen molar-refractivity contribution in [2.24, 2.45) is 5.92 Å². The van der Waals surface area contributed by atoms with Gasteiger partial charge in [0.15, 0.2) is 0 Å². The van der Waals surface area contributed by atoms with Crippen molar-refractivity contribution in [2.75, 3.05) is 6.54 Å². The Labute approximate surface area is 103 Å². The molecule has 3 N–H and O–H groups in total. The van der Waals surface area contributed by atoms with E-state index in [0.29, 0.717) is 5.92 Å². The van der Waals surface area contributed by atoms with E-state index in [9.17, 15) is 9.90 Å². The minimum atomic E-state index is -0.353. The average molecular weight is 240 g/mol. The molecule has 2 aliphatic rings. The van der Waals surface area contributed by atoms with E-state index in [1.165, 1.54) is 0 Å². The van der Waals surface area contributed by atoms with Crippen LogP contribution in [0.5, 0.6) is 0 Å². The zero-order valence-electron chi connectivity index (χ0n) is 10.6. The lowest BCUT2D eigenvalue weighted by molar-refractivity contribution is -0.126. The molecule has 0 aromatic heterocycles. The Hall–Kier alpha value is -0.610. The average Bonchev–Trinajstić information content (AvgIpc) is 2.32. The van der Waals surface area contributed by atoms with Crippen molar-refractivity contribution in [1.29, 1.82) is 0 Å². The van der Waals surface area contributed by atoms with Gasteiger partial charge in [0.25, 0.3) is 0 Å². The van der Waals surface area contributed by atoms with Gasteiger partial charge in [0.1, 0.15) is 0 Å². The molecule has 0 bridgehead atoms. The molecule has 1 aliphatic heterocycles. The van der Waals surface area contributed by atoms with E-state index in [2.05, 4.69) is 17.6 Å². The van der Waals surface area contributed by atoms with Crippen LogP contribution in [-0.4, -0.2) is 35.7 Å². The maximum Gasteiger partial charge on any atom is 0.237 e. The number of rotatable bonds is 2. The zero-order valence-corrected chi connectivity index (χ0v) is 10.6. The largest absolute Gasteiger partial charge is 0.391 e. The monoisotopic (exact) mass is 240 g/mol. The van der Waals surface area contributed by atoms with E-state index in [0.717, 1.165) is 45.1 Å². The Kier molecular flexibility index (Phi) is 4.40. The lowest BCUT2D eigenvalue weighted by atomic mass is 9.91. The molecule has 0 aromatic carbocycles. The molecule has 1 saturated carbocycles. The van der Waals surface area contributed by atoms with Crippen LogP contribution in [0.4, 0.5) is 0 Å². The number of aliphatic hydroxyl groups excluding tert-OH is 1. The number of aliphatic hydroxyl groups is 1. The number of amides is 1. The molecule has 1 aliphatic carbocycles. The second kappa shape index (κ2) is 5.83. The van der Waals surface area contributed by atoms with Gasteiger partial charge in [0.05, 0.1) is 18.2 Å². The van der Waals surface area contributed by atoms with Gasteiger partial charge in [-0.2, -0.15) is 0 Å². The molecular formula is C13H24N2O2. The van der Waals surface area contributed by atoms with Crippen LogP contribution in [0.15, 0.2) is 0 Å². The Balaban J connectivity index is 1.83. The van der Waals surface area contributed by atoms with Crippen LogP contribution in [0, 0.1) is 5.92 Å². The van der Waals surface area contributed by atoms with Crippen LogP contribution in [0.3, 0.4) is 0 Å². The van der Waals surface area contributed by atoms with Crippen molar-refractivity contribution < 1.29 is 9.90 Å². The minimum Gasteiger partial charge on any atom is -0.391 e. The molecule has 1 saturated heterocycles. The molecule has 17 heavy (non-hydrogen) atoms. The summed E-state index contributed by atoms with van der Waals surface area (Å²) in [5.41, 5.74) is 0. The number of hydrogen-bond donors (Lipinski definition) is 3. The molecule has 4 nitrogen and oxygen atoms in total. The molecular weight excluding hydrogens is 216 g/mol. The molecule has 2 rings (SSSR count). The van der Waals surface area contributed by atoms with Crippen molar-refractivity contribution in [3.05, 3.63) is 0 Å². The smallest absolute Gasteiger partial charge is 0.237 e. The summed E-state index contributed by atoms with van der Waals surface area (Å²) in [6.07, 6.45) is 5.62. The predicted molar refractivity (Wildman–Crippen MR) is 66.6 cm³/mol. The molecule has 2 fully saturated rings. The Bertz CT molecular complexity index is 270. The van der Waals surface area contributed by atoms with E-state index in [1.807, 2.05) is 0 Å². The summed E-state index contributed by atoms with van der Waals surface area (Å²) in [6, 6.07) is -0.0943. The van der Waals surface area contributed by atoms with Gasteiger partial charge in [-0.05, 0) is 38.1 Å². The molecule has 1 amide bonds. The van der Waals surface area contributed by atoms with Crippen LogP contribution in [0.1, 0.15) is 45.4 Å². The van der Waals surface area contributed by atoms with E-state index < -0.39 is 0 Å². The van der Waals surface area contributed by atoms with Gasteiger partial charge in [-0.3, -0.25) is 4.79 Å². The first kappa shape index (κ1) is 12.8. The summed E-state index contributed by atoms with van der Waals surface area (Å²) < 4.78 is 0. The van der Waals surface area contributed by atoms with Crippen molar-refractivity contribution in [1.82, 2.24) is 10.6 Å². The Morgan fingerprint density at radius 2 is 2.06 bits per heavy atom. The highest BCUT2D eigenvalue weighted by Crippen LogP contribution is 2.20. The Morgan fingerprint density at radius 3 is 2.76 bits per heavy atom. The topological polar surface area (TPSA) is 61.4 Å². The molecule has 4 unspecified atom stereocenters. The van der Waals surface area contributed by atoms with Gasteiger partial charge in [-0.25, -0.2) is 0 Å². The summed E-state index contributed by atoms with van der Waals surface area (Å²) in [5, 5.41) is 16.1. The van der Waals surface area contributed by atoms with Gasteiger partial charge in [0, 0.05) is 0 Å². The van der Waals surface area contributed by atoms with E-state index in [-0.39, 0.29) is 24.1 Å². The van der Waals surface area contributed by atoms with Crippen molar-refractivity contribution >= 4 is 5.91 Å². The third kappa shape index (κ3) is 3.42. The molecule has 98 valence electrons. The van der Waals surface area contributed by atoms with E-state index in [4.69, 9.17) is 0 Å². The fourth-order valence-electron chi connectivity index (χ4n) is 2.87. The molecule has 0 radical (unpaired) electrons. The lowest BCUT2D eigenvalue weighted by Gasteiger charge is -2.32. The highest BCUT2D eigenvalue weighted by atomic mass is 16.3. The van der Waals surface area contributed by atoms with Crippen molar-refractivity contribution in [3.63, 3.8) is 0 Å². The number of hydrogen-bond acceptors (Lipinski definition) is 3. The molecule has 4 atom stereocenters. The molecule has 4 heteroatoms. The summed E-state index contributed by atoms with van der Waals surface area (Å²) in [5.74, 6) is 0.686. The predicted octanol–water partition coefficient (Wildman–Crippen LogP) is 0.794. The minimum absolute atomic E-state index is 0.0321. The van der Waals surface area contributed by atoms with E-state index >= 15 is 0 Å². The maximum absolute atomic E-state index is 12.1. The fraction of sp³-hybridized carbons (Fsp3) is 0.923. The van der Waals surface area contributed by atoms with Gasteiger partial charge in [-0.15, -0.1) is 0 Å². The lowest BCUT2D eigenvalue weighted by Crippen LogP contribution is -2.54. The summed E-state index contributed by atoms with van der Waals surface area (Å²) in [6.45, 7) is 3.11.